The summed E-state index contributed by atoms with van der Waals surface area (Å²) in [5.74, 6) is 0.831. The Bertz CT molecular complexity index is 1300. The summed E-state index contributed by atoms with van der Waals surface area (Å²) in [4.78, 5) is 26.2. The van der Waals surface area contributed by atoms with Crippen molar-refractivity contribution in [3.8, 4) is 11.4 Å². The van der Waals surface area contributed by atoms with Gasteiger partial charge < -0.3 is 10.6 Å². The van der Waals surface area contributed by atoms with E-state index < -0.39 is 6.04 Å². The number of pyridine rings is 2. The molecule has 9 heteroatoms. The first-order chi connectivity index (χ1) is 15.6. The lowest BCUT2D eigenvalue weighted by Crippen LogP contribution is -2.31. The lowest BCUT2D eigenvalue weighted by atomic mass is 9.95. The summed E-state index contributed by atoms with van der Waals surface area (Å²) in [7, 11) is 0. The van der Waals surface area contributed by atoms with Crippen LogP contribution < -0.4 is 10.6 Å². The molecule has 0 saturated carbocycles. The highest BCUT2D eigenvalue weighted by molar-refractivity contribution is 6.30. The van der Waals surface area contributed by atoms with E-state index >= 15 is 0 Å². The van der Waals surface area contributed by atoms with Crippen LogP contribution in [0.15, 0.2) is 84.6 Å². The molecule has 8 nitrogen and oxygen atoms in total. The molecule has 3 aromatic heterocycles. The number of fused-ring (bicyclic) bond motifs is 1. The first-order valence-corrected chi connectivity index (χ1v) is 10.3. The fourth-order valence-corrected chi connectivity index (χ4v) is 3.78. The van der Waals surface area contributed by atoms with Crippen molar-refractivity contribution in [2.24, 2.45) is 0 Å². The van der Waals surface area contributed by atoms with Crippen molar-refractivity contribution in [3.63, 3.8) is 0 Å². The Kier molecular flexibility index (Phi) is 5.12. The maximum atomic E-state index is 13.4. The summed E-state index contributed by atoms with van der Waals surface area (Å²) < 4.78 is 1.73. The lowest BCUT2D eigenvalue weighted by Gasteiger charge is -2.28. The molecule has 0 radical (unpaired) electrons. The molecule has 0 fully saturated rings. The maximum Gasteiger partial charge on any atom is 0.255 e. The number of hydrogen-bond acceptors (Lipinski definition) is 6. The average Bonchev–Trinajstić information content (AvgIpc) is 3.23. The highest BCUT2D eigenvalue weighted by Gasteiger charge is 2.34. The van der Waals surface area contributed by atoms with Crippen molar-refractivity contribution < 1.29 is 4.79 Å². The average molecular weight is 444 g/mol. The number of nitrogens with zero attached hydrogens (tertiary/aromatic N) is 5. The zero-order valence-electron chi connectivity index (χ0n) is 17.0. The SMILES string of the molecule is CC1=C(C(=O)Nc2cccnc2)C(c2ccc(Cl)cc2)n2nc(-c3ccncc3)nc2N1. The van der Waals surface area contributed by atoms with Crippen molar-refractivity contribution in [2.75, 3.05) is 10.6 Å². The number of carbonyl (C=O) groups excluding carboxylic acids is 1. The molecule has 1 unspecified atom stereocenters. The molecule has 0 saturated heterocycles. The van der Waals surface area contributed by atoms with E-state index in [9.17, 15) is 4.79 Å². The number of aromatic nitrogens is 5. The quantitative estimate of drug-likeness (QED) is 0.487. The van der Waals surface area contributed by atoms with Crippen LogP contribution in [0.5, 0.6) is 0 Å². The van der Waals surface area contributed by atoms with Gasteiger partial charge in [-0.2, -0.15) is 4.98 Å². The molecule has 0 bridgehead atoms. The largest absolute Gasteiger partial charge is 0.328 e. The maximum absolute atomic E-state index is 13.4. The zero-order valence-corrected chi connectivity index (χ0v) is 17.8. The van der Waals surface area contributed by atoms with Crippen LogP contribution in [0.25, 0.3) is 11.4 Å². The molecule has 1 atom stereocenters. The number of nitrogens with one attached hydrogen (secondary N) is 2. The molecular formula is C23H18ClN7O. The second-order valence-corrected chi connectivity index (χ2v) is 7.69. The third-order valence-corrected chi connectivity index (χ3v) is 5.39. The number of rotatable bonds is 4. The highest BCUT2D eigenvalue weighted by Crippen LogP contribution is 2.37. The third-order valence-electron chi connectivity index (χ3n) is 5.14. The molecule has 1 amide bonds. The van der Waals surface area contributed by atoms with Crippen molar-refractivity contribution in [3.05, 3.63) is 95.2 Å². The zero-order chi connectivity index (χ0) is 22.1. The van der Waals surface area contributed by atoms with Crippen molar-refractivity contribution in [1.29, 1.82) is 0 Å². The first-order valence-electron chi connectivity index (χ1n) is 9.92. The van der Waals surface area contributed by atoms with Crippen LogP contribution in [0, 0.1) is 0 Å². The van der Waals surface area contributed by atoms with E-state index in [4.69, 9.17) is 16.7 Å². The smallest absolute Gasteiger partial charge is 0.255 e. The fourth-order valence-electron chi connectivity index (χ4n) is 3.66. The Morgan fingerprint density at radius 1 is 1.06 bits per heavy atom. The van der Waals surface area contributed by atoms with Crippen LogP contribution in [0.1, 0.15) is 18.5 Å². The summed E-state index contributed by atoms with van der Waals surface area (Å²) in [5, 5.41) is 11.5. The van der Waals surface area contributed by atoms with E-state index in [2.05, 4.69) is 25.6 Å². The molecular weight excluding hydrogens is 426 g/mol. The first kappa shape index (κ1) is 19.9. The molecule has 1 aliphatic rings. The highest BCUT2D eigenvalue weighted by atomic mass is 35.5. The van der Waals surface area contributed by atoms with E-state index in [0.29, 0.717) is 33.8 Å². The van der Waals surface area contributed by atoms with Crippen molar-refractivity contribution in [2.45, 2.75) is 13.0 Å². The fraction of sp³-hybridized carbons (Fsp3) is 0.0870. The molecule has 4 heterocycles. The van der Waals surface area contributed by atoms with Gasteiger partial charge >= 0.3 is 0 Å². The van der Waals surface area contributed by atoms with Gasteiger partial charge in [-0.1, -0.05) is 23.7 Å². The molecule has 0 aliphatic carbocycles. The van der Waals surface area contributed by atoms with Gasteiger partial charge in [-0.25, -0.2) is 4.68 Å². The van der Waals surface area contributed by atoms with Gasteiger partial charge in [0.05, 0.1) is 17.5 Å². The van der Waals surface area contributed by atoms with Gasteiger partial charge in [0.15, 0.2) is 5.82 Å². The van der Waals surface area contributed by atoms with E-state index in [-0.39, 0.29) is 5.91 Å². The summed E-state index contributed by atoms with van der Waals surface area (Å²) in [5.41, 5.74) is 3.51. The lowest BCUT2D eigenvalue weighted by molar-refractivity contribution is -0.113. The van der Waals surface area contributed by atoms with Crippen LogP contribution in [0.4, 0.5) is 11.6 Å². The molecule has 1 aliphatic heterocycles. The monoisotopic (exact) mass is 443 g/mol. The van der Waals surface area contributed by atoms with Crippen molar-refractivity contribution in [1.82, 2.24) is 24.7 Å². The number of halogens is 1. The second-order valence-electron chi connectivity index (χ2n) is 7.25. The number of carbonyl (C=O) groups is 1. The number of amides is 1. The van der Waals surface area contributed by atoms with Gasteiger partial charge in [-0.3, -0.25) is 14.8 Å². The second kappa shape index (κ2) is 8.24. The van der Waals surface area contributed by atoms with Crippen LogP contribution in [-0.2, 0) is 4.79 Å². The number of anilines is 2. The van der Waals surface area contributed by atoms with Gasteiger partial charge in [-0.15, -0.1) is 5.10 Å². The van der Waals surface area contributed by atoms with E-state index in [1.165, 1.54) is 0 Å². The van der Waals surface area contributed by atoms with Gasteiger partial charge in [0.2, 0.25) is 5.95 Å². The predicted octanol–water partition coefficient (Wildman–Crippen LogP) is 4.32. The summed E-state index contributed by atoms with van der Waals surface area (Å²) in [6, 6.07) is 14.1. The molecule has 0 spiro atoms. The normalized spacial score (nSPS) is 15.1. The summed E-state index contributed by atoms with van der Waals surface area (Å²) in [6.45, 7) is 1.85. The third kappa shape index (κ3) is 3.72. The predicted molar refractivity (Wildman–Crippen MR) is 122 cm³/mol. The molecule has 2 N–H and O–H groups in total. The summed E-state index contributed by atoms with van der Waals surface area (Å²) in [6.07, 6.45) is 6.64. The van der Waals surface area contributed by atoms with Gasteiger partial charge in [0.25, 0.3) is 5.91 Å². The molecule has 5 rings (SSSR count). The Hall–Kier alpha value is -4.04. The molecule has 158 valence electrons. The Balaban J connectivity index is 1.60. The molecule has 4 aromatic rings. The van der Waals surface area contributed by atoms with Crippen LogP contribution in [0.2, 0.25) is 5.02 Å². The van der Waals surface area contributed by atoms with E-state index in [1.807, 2.05) is 31.2 Å². The topological polar surface area (TPSA) is 97.6 Å². The minimum Gasteiger partial charge on any atom is -0.328 e. The van der Waals surface area contributed by atoms with Crippen LogP contribution in [-0.4, -0.2) is 30.6 Å². The van der Waals surface area contributed by atoms with Gasteiger partial charge in [0.1, 0.15) is 6.04 Å². The Labute approximate surface area is 189 Å². The van der Waals surface area contributed by atoms with Crippen LogP contribution >= 0.6 is 11.6 Å². The standard InChI is InChI=1S/C23H18ClN7O/c1-14-19(22(32)28-18-3-2-10-26-13-18)20(15-4-6-17(24)7-5-15)31-23(27-14)29-21(30-31)16-8-11-25-12-9-16/h2-13,20H,1H3,(H,28,32)(H,27,29,30). The Morgan fingerprint density at radius 2 is 1.84 bits per heavy atom. The molecule has 32 heavy (non-hydrogen) atoms. The number of allylic oxidation sites excluding steroid dienone is 1. The van der Waals surface area contributed by atoms with Gasteiger partial charge in [0, 0.05) is 34.9 Å². The minimum atomic E-state index is -0.497. The van der Waals surface area contributed by atoms with Gasteiger partial charge in [-0.05, 0) is 48.9 Å². The number of hydrogen-bond donors (Lipinski definition) is 2. The summed E-state index contributed by atoms with van der Waals surface area (Å²) >= 11 is 6.12. The number of benzene rings is 1. The van der Waals surface area contributed by atoms with Crippen molar-refractivity contribution >= 4 is 29.1 Å². The van der Waals surface area contributed by atoms with Crippen LogP contribution in [0.3, 0.4) is 0 Å². The minimum absolute atomic E-state index is 0.255. The Morgan fingerprint density at radius 3 is 2.56 bits per heavy atom. The van der Waals surface area contributed by atoms with E-state index in [1.54, 1.807) is 53.7 Å². The van der Waals surface area contributed by atoms with E-state index in [0.717, 1.165) is 11.1 Å². The molecule has 1 aromatic carbocycles.